The van der Waals surface area contributed by atoms with E-state index in [1.807, 2.05) is 0 Å². The van der Waals surface area contributed by atoms with Crippen molar-refractivity contribution in [1.29, 1.82) is 0 Å². The van der Waals surface area contributed by atoms with Crippen LogP contribution in [-0.2, 0) is 0 Å². The summed E-state index contributed by atoms with van der Waals surface area (Å²) in [6.45, 7) is -0.305. The summed E-state index contributed by atoms with van der Waals surface area (Å²) in [5.74, 6) is -1.07. The van der Waals surface area contributed by atoms with E-state index in [2.05, 4.69) is 0 Å². The zero-order chi connectivity index (χ0) is 13.8. The molecule has 0 saturated heterocycles. The van der Waals surface area contributed by atoms with Gasteiger partial charge < -0.3 is 4.74 Å². The minimum atomic E-state index is -0.684. The highest BCUT2D eigenvalue weighted by Gasteiger charge is 2.13. The molecule has 5 heteroatoms. The van der Waals surface area contributed by atoms with Crippen LogP contribution in [0.5, 0.6) is 5.75 Å². The van der Waals surface area contributed by atoms with E-state index in [0.717, 1.165) is 0 Å². The average molecular weight is 299 g/mol. The molecule has 0 spiro atoms. The maximum Gasteiger partial charge on any atom is 0.201 e. The third-order valence-electron chi connectivity index (χ3n) is 2.45. The molecule has 0 aliphatic rings. The van der Waals surface area contributed by atoms with E-state index in [1.54, 1.807) is 30.3 Å². The van der Waals surface area contributed by atoms with Crippen molar-refractivity contribution in [2.75, 3.05) is 6.61 Å². The van der Waals surface area contributed by atoms with Crippen molar-refractivity contribution in [3.05, 3.63) is 63.9 Å². The lowest BCUT2D eigenvalue weighted by Gasteiger charge is -2.08. The van der Waals surface area contributed by atoms with E-state index in [0.29, 0.717) is 10.6 Å². The van der Waals surface area contributed by atoms with Crippen LogP contribution in [0.25, 0.3) is 0 Å². The molecule has 0 bridgehead atoms. The monoisotopic (exact) mass is 298 g/mol. The zero-order valence-corrected chi connectivity index (χ0v) is 11.2. The van der Waals surface area contributed by atoms with Gasteiger partial charge in [-0.05, 0) is 24.3 Å². The number of benzene rings is 2. The van der Waals surface area contributed by atoms with E-state index in [-0.39, 0.29) is 23.2 Å². The van der Waals surface area contributed by atoms with Crippen LogP contribution >= 0.6 is 23.2 Å². The number of carbonyl (C=O) groups excluding carboxylic acids is 1. The summed E-state index contributed by atoms with van der Waals surface area (Å²) in [6.07, 6.45) is 0. The van der Waals surface area contributed by atoms with Crippen LogP contribution in [0.4, 0.5) is 4.39 Å². The van der Waals surface area contributed by atoms with Gasteiger partial charge in [0, 0.05) is 5.56 Å². The van der Waals surface area contributed by atoms with E-state index < -0.39 is 5.82 Å². The molecule has 98 valence electrons. The van der Waals surface area contributed by atoms with Crippen molar-refractivity contribution in [2.45, 2.75) is 0 Å². The van der Waals surface area contributed by atoms with Crippen LogP contribution in [-0.4, -0.2) is 12.4 Å². The summed E-state index contributed by atoms with van der Waals surface area (Å²) in [7, 11) is 0. The predicted octanol–water partition coefficient (Wildman–Crippen LogP) is 4.39. The van der Waals surface area contributed by atoms with Crippen LogP contribution in [0.2, 0.25) is 10.0 Å². The summed E-state index contributed by atoms with van der Waals surface area (Å²) in [4.78, 5) is 11.9. The fraction of sp³-hybridized carbons (Fsp3) is 0.0714. The van der Waals surface area contributed by atoms with Crippen molar-refractivity contribution < 1.29 is 13.9 Å². The molecule has 0 aliphatic heterocycles. The lowest BCUT2D eigenvalue weighted by atomic mass is 10.1. The molecule has 19 heavy (non-hydrogen) atoms. The van der Waals surface area contributed by atoms with Gasteiger partial charge in [-0.3, -0.25) is 4.79 Å². The molecule has 0 heterocycles. The first-order chi connectivity index (χ1) is 9.09. The maximum atomic E-state index is 13.5. The van der Waals surface area contributed by atoms with Gasteiger partial charge in [-0.15, -0.1) is 0 Å². The lowest BCUT2D eigenvalue weighted by Crippen LogP contribution is -2.12. The first-order valence-corrected chi connectivity index (χ1v) is 6.19. The van der Waals surface area contributed by atoms with Crippen LogP contribution in [0, 0.1) is 5.82 Å². The molecule has 2 aromatic rings. The van der Waals surface area contributed by atoms with Gasteiger partial charge in [-0.25, -0.2) is 4.39 Å². The van der Waals surface area contributed by atoms with Crippen LogP contribution in [0.1, 0.15) is 10.4 Å². The fourth-order valence-corrected chi connectivity index (χ4v) is 1.91. The lowest BCUT2D eigenvalue weighted by molar-refractivity contribution is 0.0919. The number of ketones is 1. The van der Waals surface area contributed by atoms with Crippen LogP contribution in [0.3, 0.4) is 0 Å². The SMILES string of the molecule is O=C(COc1cccc(Cl)c1F)c1ccccc1Cl. The van der Waals surface area contributed by atoms with Gasteiger partial charge in [0.2, 0.25) is 5.78 Å². The number of halogens is 3. The molecule has 0 unspecified atom stereocenters. The molecule has 0 saturated carbocycles. The Labute approximate surface area is 119 Å². The maximum absolute atomic E-state index is 13.5. The number of hydrogen-bond donors (Lipinski definition) is 0. The molecule has 0 atom stereocenters. The van der Waals surface area contributed by atoms with Gasteiger partial charge in [0.1, 0.15) is 0 Å². The summed E-state index contributed by atoms with van der Waals surface area (Å²) in [5.41, 5.74) is 0.339. The number of carbonyl (C=O) groups is 1. The summed E-state index contributed by atoms with van der Waals surface area (Å²) < 4.78 is 18.7. The summed E-state index contributed by atoms with van der Waals surface area (Å²) in [5, 5.41) is 0.283. The Bertz CT molecular complexity index is 614. The van der Waals surface area contributed by atoms with Crippen LogP contribution in [0.15, 0.2) is 42.5 Å². The van der Waals surface area contributed by atoms with Crippen molar-refractivity contribution in [3.63, 3.8) is 0 Å². The third kappa shape index (κ3) is 3.25. The Kier molecular flexibility index (Phi) is 4.40. The molecule has 2 rings (SSSR count). The second kappa shape index (κ2) is 6.04. The smallest absolute Gasteiger partial charge is 0.201 e. The first kappa shape index (κ1) is 13.8. The molecule has 0 N–H and O–H groups in total. The van der Waals surface area contributed by atoms with Crippen molar-refractivity contribution in [1.82, 2.24) is 0 Å². The molecule has 0 aromatic heterocycles. The molecule has 0 fully saturated rings. The van der Waals surface area contributed by atoms with Gasteiger partial charge >= 0.3 is 0 Å². The number of rotatable bonds is 4. The van der Waals surface area contributed by atoms with Crippen LogP contribution < -0.4 is 4.74 Å². The Morgan fingerprint density at radius 3 is 2.47 bits per heavy atom. The second-order valence-electron chi connectivity index (χ2n) is 3.74. The molecule has 0 aliphatic carbocycles. The van der Waals surface area contributed by atoms with E-state index in [4.69, 9.17) is 27.9 Å². The Morgan fingerprint density at radius 1 is 1.05 bits per heavy atom. The Morgan fingerprint density at radius 2 is 1.74 bits per heavy atom. The quantitative estimate of drug-likeness (QED) is 0.782. The molecule has 0 radical (unpaired) electrons. The van der Waals surface area contributed by atoms with Gasteiger partial charge in [-0.2, -0.15) is 0 Å². The molecule has 0 amide bonds. The van der Waals surface area contributed by atoms with Gasteiger partial charge in [0.25, 0.3) is 0 Å². The minimum absolute atomic E-state index is 0.0531. The normalized spacial score (nSPS) is 10.3. The minimum Gasteiger partial charge on any atom is -0.482 e. The predicted molar refractivity (Wildman–Crippen MR) is 72.7 cm³/mol. The van der Waals surface area contributed by atoms with E-state index >= 15 is 0 Å². The third-order valence-corrected chi connectivity index (χ3v) is 3.07. The Balaban J connectivity index is 2.09. The topological polar surface area (TPSA) is 26.3 Å². The van der Waals surface area contributed by atoms with Gasteiger partial charge in [0.15, 0.2) is 18.2 Å². The fourth-order valence-electron chi connectivity index (χ4n) is 1.50. The summed E-state index contributed by atoms with van der Waals surface area (Å²) >= 11 is 11.5. The van der Waals surface area contributed by atoms with Crippen molar-refractivity contribution in [2.24, 2.45) is 0 Å². The molecular formula is C14H9Cl2FO2. The average Bonchev–Trinajstić information content (AvgIpc) is 2.40. The highest BCUT2D eigenvalue weighted by atomic mass is 35.5. The van der Waals surface area contributed by atoms with Crippen molar-refractivity contribution in [3.8, 4) is 5.75 Å². The largest absolute Gasteiger partial charge is 0.482 e. The molecule has 2 nitrogen and oxygen atoms in total. The van der Waals surface area contributed by atoms with Crippen molar-refractivity contribution >= 4 is 29.0 Å². The van der Waals surface area contributed by atoms with Gasteiger partial charge in [0.05, 0.1) is 10.0 Å². The zero-order valence-electron chi connectivity index (χ0n) is 9.70. The standard InChI is InChI=1S/C14H9Cl2FO2/c15-10-5-2-1-4-9(10)12(18)8-19-13-7-3-6-11(16)14(13)17/h1-7H,8H2. The second-order valence-corrected chi connectivity index (χ2v) is 4.56. The van der Waals surface area contributed by atoms with E-state index in [9.17, 15) is 9.18 Å². The Hall–Kier alpha value is -1.58. The van der Waals surface area contributed by atoms with E-state index in [1.165, 1.54) is 12.1 Å². The number of Topliss-reactive ketones (excluding diaryl/α,β-unsaturated/α-hetero) is 1. The number of ether oxygens (including phenoxy) is 1. The summed E-state index contributed by atoms with van der Waals surface area (Å²) in [6, 6.07) is 11.0. The molecule has 2 aromatic carbocycles. The highest BCUT2D eigenvalue weighted by molar-refractivity contribution is 6.34. The molecular weight excluding hydrogens is 290 g/mol. The number of hydrogen-bond acceptors (Lipinski definition) is 2. The highest BCUT2D eigenvalue weighted by Crippen LogP contribution is 2.24. The first-order valence-electron chi connectivity index (χ1n) is 5.44. The van der Waals surface area contributed by atoms with Gasteiger partial charge in [-0.1, -0.05) is 41.4 Å².